The van der Waals surface area contributed by atoms with Crippen LogP contribution in [0.3, 0.4) is 0 Å². The van der Waals surface area contributed by atoms with Crippen molar-refractivity contribution in [1.29, 1.82) is 5.26 Å². The first kappa shape index (κ1) is 22.7. The monoisotopic (exact) mass is 455 g/mol. The highest BCUT2D eigenvalue weighted by Gasteiger charge is 2.18. The topological polar surface area (TPSA) is 94.9 Å². The SMILES string of the molecule is Cc1cc(C)cc(N(CCC#N)C(=O)CSc2n[nH]c(COc3ccc(Cl)cc3)n2)c1. The summed E-state index contributed by atoms with van der Waals surface area (Å²) in [5.41, 5.74) is 2.93. The lowest BCUT2D eigenvalue weighted by Crippen LogP contribution is -2.33. The Labute approximate surface area is 190 Å². The Bertz CT molecular complexity index is 1060. The zero-order chi connectivity index (χ0) is 22.2. The molecule has 0 spiro atoms. The Balaban J connectivity index is 1.59. The molecule has 0 unspecified atom stereocenters. The fourth-order valence-electron chi connectivity index (χ4n) is 2.96. The van der Waals surface area contributed by atoms with Crippen molar-refractivity contribution in [3.05, 3.63) is 64.4 Å². The lowest BCUT2D eigenvalue weighted by atomic mass is 10.1. The number of hydrogen-bond donors (Lipinski definition) is 1. The second-order valence-electron chi connectivity index (χ2n) is 6.90. The Morgan fingerprint density at radius 1 is 1.23 bits per heavy atom. The average Bonchev–Trinajstić information content (AvgIpc) is 3.19. The minimum Gasteiger partial charge on any atom is -0.486 e. The summed E-state index contributed by atoms with van der Waals surface area (Å²) in [4.78, 5) is 18.9. The standard InChI is InChI=1S/C22H22ClN5O2S/c1-15-10-16(2)12-18(11-15)28(9-3-8-24)21(29)14-31-22-25-20(26-27-22)13-30-19-6-4-17(23)5-7-19/h4-7,10-12H,3,9,13-14H2,1-2H3,(H,25,26,27). The van der Waals surface area contributed by atoms with Gasteiger partial charge >= 0.3 is 0 Å². The van der Waals surface area contributed by atoms with Gasteiger partial charge < -0.3 is 9.64 Å². The maximum absolute atomic E-state index is 12.9. The first-order valence-corrected chi connectivity index (χ1v) is 11.0. The van der Waals surface area contributed by atoms with Gasteiger partial charge in [0.15, 0.2) is 5.82 Å². The summed E-state index contributed by atoms with van der Waals surface area (Å²) >= 11 is 7.10. The second-order valence-corrected chi connectivity index (χ2v) is 8.27. The number of amides is 1. The molecule has 1 heterocycles. The van der Waals surface area contributed by atoms with Crippen LogP contribution in [-0.2, 0) is 11.4 Å². The molecule has 0 aliphatic carbocycles. The third-order valence-electron chi connectivity index (χ3n) is 4.29. The summed E-state index contributed by atoms with van der Waals surface area (Å²) in [6.07, 6.45) is 0.260. The van der Waals surface area contributed by atoms with E-state index in [2.05, 4.69) is 21.3 Å². The number of aromatic nitrogens is 3. The molecule has 31 heavy (non-hydrogen) atoms. The van der Waals surface area contributed by atoms with E-state index in [1.54, 1.807) is 29.2 Å². The zero-order valence-corrected chi connectivity index (χ0v) is 18.8. The summed E-state index contributed by atoms with van der Waals surface area (Å²) in [5, 5.41) is 17.0. The van der Waals surface area contributed by atoms with Crippen LogP contribution < -0.4 is 9.64 Å². The molecule has 3 rings (SSSR count). The molecule has 0 aliphatic rings. The van der Waals surface area contributed by atoms with Gasteiger partial charge in [-0.05, 0) is 61.4 Å². The van der Waals surface area contributed by atoms with Crippen molar-refractivity contribution < 1.29 is 9.53 Å². The van der Waals surface area contributed by atoms with E-state index in [4.69, 9.17) is 21.6 Å². The third-order valence-corrected chi connectivity index (χ3v) is 5.38. The largest absolute Gasteiger partial charge is 0.486 e. The van der Waals surface area contributed by atoms with Crippen molar-refractivity contribution in [2.75, 3.05) is 17.2 Å². The average molecular weight is 456 g/mol. The van der Waals surface area contributed by atoms with Gasteiger partial charge in [0.1, 0.15) is 12.4 Å². The van der Waals surface area contributed by atoms with Gasteiger partial charge in [-0.1, -0.05) is 29.4 Å². The number of aryl methyl sites for hydroxylation is 2. The summed E-state index contributed by atoms with van der Waals surface area (Å²) < 4.78 is 5.64. The van der Waals surface area contributed by atoms with E-state index < -0.39 is 0 Å². The molecule has 1 N–H and O–H groups in total. The maximum atomic E-state index is 12.9. The van der Waals surface area contributed by atoms with E-state index in [9.17, 15) is 4.79 Å². The molecule has 7 nitrogen and oxygen atoms in total. The number of H-pyrrole nitrogens is 1. The molecule has 1 aromatic heterocycles. The zero-order valence-electron chi connectivity index (χ0n) is 17.3. The van der Waals surface area contributed by atoms with Crippen LogP contribution in [0, 0.1) is 25.2 Å². The van der Waals surface area contributed by atoms with Gasteiger partial charge in [-0.15, -0.1) is 5.10 Å². The van der Waals surface area contributed by atoms with Gasteiger partial charge in [0.2, 0.25) is 11.1 Å². The molecule has 0 bridgehead atoms. The molecular formula is C22H22ClN5O2S. The highest BCUT2D eigenvalue weighted by molar-refractivity contribution is 7.99. The molecule has 160 valence electrons. The number of nitrogens with zero attached hydrogens (tertiary/aromatic N) is 4. The molecular weight excluding hydrogens is 434 g/mol. The number of thioether (sulfide) groups is 1. The highest BCUT2D eigenvalue weighted by Crippen LogP contribution is 2.22. The summed E-state index contributed by atoms with van der Waals surface area (Å²) in [6.45, 7) is 4.53. The molecule has 0 atom stereocenters. The Kier molecular flexibility index (Phi) is 7.93. The summed E-state index contributed by atoms with van der Waals surface area (Å²) in [5.74, 6) is 1.29. The van der Waals surface area contributed by atoms with Crippen molar-refractivity contribution in [2.45, 2.75) is 32.0 Å². The minimum absolute atomic E-state index is 0.103. The summed E-state index contributed by atoms with van der Waals surface area (Å²) in [7, 11) is 0. The normalized spacial score (nSPS) is 10.5. The van der Waals surface area contributed by atoms with E-state index in [-0.39, 0.29) is 24.7 Å². The Hall–Kier alpha value is -3.02. The maximum Gasteiger partial charge on any atom is 0.237 e. The van der Waals surface area contributed by atoms with Crippen LogP contribution >= 0.6 is 23.4 Å². The molecule has 0 aliphatic heterocycles. The van der Waals surface area contributed by atoms with Crippen molar-refractivity contribution >= 4 is 35.0 Å². The number of aromatic amines is 1. The number of ether oxygens (including phenoxy) is 1. The second kappa shape index (κ2) is 10.8. The molecule has 1 amide bonds. The molecule has 3 aromatic rings. The third kappa shape index (κ3) is 6.74. The lowest BCUT2D eigenvalue weighted by molar-refractivity contribution is -0.116. The van der Waals surface area contributed by atoms with E-state index >= 15 is 0 Å². The van der Waals surface area contributed by atoms with Crippen molar-refractivity contribution in [3.8, 4) is 11.8 Å². The molecule has 0 saturated heterocycles. The minimum atomic E-state index is -0.103. The van der Waals surface area contributed by atoms with Crippen LogP contribution in [0.1, 0.15) is 23.4 Å². The van der Waals surface area contributed by atoms with E-state index in [1.807, 2.05) is 32.0 Å². The predicted molar refractivity (Wildman–Crippen MR) is 121 cm³/mol. The Morgan fingerprint density at radius 3 is 2.61 bits per heavy atom. The van der Waals surface area contributed by atoms with Crippen LogP contribution in [0.4, 0.5) is 5.69 Å². The van der Waals surface area contributed by atoms with Gasteiger partial charge in [-0.3, -0.25) is 9.89 Å². The first-order chi connectivity index (χ1) is 14.9. The van der Waals surface area contributed by atoms with Crippen molar-refractivity contribution in [3.63, 3.8) is 0 Å². The van der Waals surface area contributed by atoms with Gasteiger partial charge in [0.25, 0.3) is 0 Å². The Morgan fingerprint density at radius 2 is 1.94 bits per heavy atom. The molecule has 0 fully saturated rings. The number of carbonyl (C=O) groups is 1. The molecule has 0 radical (unpaired) electrons. The number of nitrogens with one attached hydrogen (secondary N) is 1. The predicted octanol–water partition coefficient (Wildman–Crippen LogP) is 4.69. The fourth-order valence-corrected chi connectivity index (χ4v) is 3.78. The van der Waals surface area contributed by atoms with Crippen LogP contribution in [0.2, 0.25) is 5.02 Å². The van der Waals surface area contributed by atoms with E-state index in [0.717, 1.165) is 16.8 Å². The fraction of sp³-hybridized carbons (Fsp3) is 0.273. The smallest absolute Gasteiger partial charge is 0.237 e. The van der Waals surface area contributed by atoms with Gasteiger partial charge in [-0.2, -0.15) is 5.26 Å². The molecule has 9 heteroatoms. The number of halogens is 1. The number of benzene rings is 2. The van der Waals surface area contributed by atoms with Crippen LogP contribution in [0.5, 0.6) is 5.75 Å². The molecule has 2 aromatic carbocycles. The summed E-state index contributed by atoms with van der Waals surface area (Å²) in [6, 6.07) is 15.1. The molecule has 0 saturated carbocycles. The van der Waals surface area contributed by atoms with Crippen molar-refractivity contribution in [2.24, 2.45) is 0 Å². The number of anilines is 1. The highest BCUT2D eigenvalue weighted by atomic mass is 35.5. The first-order valence-electron chi connectivity index (χ1n) is 9.62. The van der Waals surface area contributed by atoms with Crippen LogP contribution in [-0.4, -0.2) is 33.4 Å². The van der Waals surface area contributed by atoms with E-state index in [0.29, 0.717) is 28.3 Å². The van der Waals surface area contributed by atoms with Gasteiger partial charge in [-0.25, -0.2) is 4.98 Å². The van der Waals surface area contributed by atoms with Crippen LogP contribution in [0.25, 0.3) is 0 Å². The number of hydrogen-bond acceptors (Lipinski definition) is 6. The number of nitriles is 1. The number of carbonyl (C=O) groups excluding carboxylic acids is 1. The van der Waals surface area contributed by atoms with Gasteiger partial charge in [0, 0.05) is 17.3 Å². The van der Waals surface area contributed by atoms with E-state index in [1.165, 1.54) is 11.8 Å². The quantitative estimate of drug-likeness (QED) is 0.470. The number of rotatable bonds is 9. The van der Waals surface area contributed by atoms with Crippen molar-refractivity contribution in [1.82, 2.24) is 15.2 Å². The van der Waals surface area contributed by atoms with Gasteiger partial charge in [0.05, 0.1) is 18.2 Å². The van der Waals surface area contributed by atoms with Crippen LogP contribution in [0.15, 0.2) is 47.6 Å². The lowest BCUT2D eigenvalue weighted by Gasteiger charge is -2.22.